The van der Waals surface area contributed by atoms with Crippen LogP contribution in [0, 0.1) is 18.3 Å². The van der Waals surface area contributed by atoms with Crippen LogP contribution in [-0.2, 0) is 0 Å². The van der Waals surface area contributed by atoms with Gasteiger partial charge in [0.2, 0.25) is 0 Å². The normalized spacial score (nSPS) is 10.3. The molecule has 0 saturated carbocycles. The Labute approximate surface area is 130 Å². The maximum absolute atomic E-state index is 8.92. The summed E-state index contributed by atoms with van der Waals surface area (Å²) >= 11 is 3.45. The Hall–Kier alpha value is -2.45. The summed E-state index contributed by atoms with van der Waals surface area (Å²) in [4.78, 5) is 8.22. The van der Waals surface area contributed by atoms with E-state index in [1.807, 2.05) is 42.5 Å². The molecule has 3 rings (SSSR count). The van der Waals surface area contributed by atoms with E-state index in [1.54, 1.807) is 13.0 Å². The van der Waals surface area contributed by atoms with Crippen LogP contribution in [0.25, 0.3) is 10.8 Å². The standard InChI is InChI=1S/C16H10BrN3O/c1-10-6-14(9-18)20-16(19-10)21-15-5-3-11-7-13(17)4-2-12(11)8-15/h2-8H,1H3. The van der Waals surface area contributed by atoms with Crippen molar-refractivity contribution in [3.8, 4) is 17.8 Å². The number of aromatic nitrogens is 2. The average molecular weight is 340 g/mol. The molecule has 3 aromatic rings. The number of fused-ring (bicyclic) bond motifs is 1. The third-order valence-electron chi connectivity index (χ3n) is 2.93. The number of rotatable bonds is 2. The van der Waals surface area contributed by atoms with Gasteiger partial charge in [0, 0.05) is 10.2 Å². The number of nitriles is 1. The second kappa shape index (κ2) is 5.51. The minimum absolute atomic E-state index is 0.183. The largest absolute Gasteiger partial charge is 0.424 e. The van der Waals surface area contributed by atoms with Gasteiger partial charge in [-0.2, -0.15) is 10.2 Å². The van der Waals surface area contributed by atoms with Gasteiger partial charge < -0.3 is 4.74 Å². The van der Waals surface area contributed by atoms with E-state index in [0.29, 0.717) is 17.1 Å². The molecule has 0 spiro atoms. The second-order valence-electron chi connectivity index (χ2n) is 4.54. The molecule has 1 heterocycles. The van der Waals surface area contributed by atoms with Gasteiger partial charge in [0.25, 0.3) is 0 Å². The Morgan fingerprint density at radius 3 is 2.62 bits per heavy atom. The van der Waals surface area contributed by atoms with Crippen LogP contribution >= 0.6 is 15.9 Å². The highest BCUT2D eigenvalue weighted by molar-refractivity contribution is 9.10. The fourth-order valence-corrected chi connectivity index (χ4v) is 2.39. The number of hydrogen-bond acceptors (Lipinski definition) is 4. The van der Waals surface area contributed by atoms with Crippen LogP contribution in [0.4, 0.5) is 0 Å². The van der Waals surface area contributed by atoms with E-state index in [0.717, 1.165) is 15.2 Å². The summed E-state index contributed by atoms with van der Waals surface area (Å²) in [6, 6.07) is 15.5. The molecule has 0 unspecified atom stereocenters. The van der Waals surface area contributed by atoms with Crippen LogP contribution in [-0.4, -0.2) is 9.97 Å². The van der Waals surface area contributed by atoms with Crippen molar-refractivity contribution in [3.05, 3.63) is 58.3 Å². The Kier molecular flexibility index (Phi) is 3.55. The van der Waals surface area contributed by atoms with Gasteiger partial charge in [0.15, 0.2) is 0 Å². The molecule has 0 saturated heterocycles. The van der Waals surface area contributed by atoms with Crippen molar-refractivity contribution >= 4 is 26.7 Å². The molecule has 0 bridgehead atoms. The first-order chi connectivity index (χ1) is 10.1. The third kappa shape index (κ3) is 3.01. The first-order valence-electron chi connectivity index (χ1n) is 6.27. The number of nitrogens with zero attached hydrogens (tertiary/aromatic N) is 3. The molecule has 0 amide bonds. The number of halogens is 1. The molecular formula is C16H10BrN3O. The fourth-order valence-electron chi connectivity index (χ4n) is 2.01. The molecule has 0 aliphatic carbocycles. The minimum atomic E-state index is 0.183. The van der Waals surface area contributed by atoms with Gasteiger partial charge in [0.05, 0.1) is 0 Å². The molecule has 0 aliphatic rings. The molecule has 1 aromatic heterocycles. The fraction of sp³-hybridized carbons (Fsp3) is 0.0625. The molecule has 0 radical (unpaired) electrons. The lowest BCUT2D eigenvalue weighted by molar-refractivity contribution is 0.440. The summed E-state index contributed by atoms with van der Waals surface area (Å²) in [7, 11) is 0. The van der Waals surface area contributed by atoms with Gasteiger partial charge in [-0.15, -0.1) is 0 Å². The lowest BCUT2D eigenvalue weighted by Gasteiger charge is -2.06. The van der Waals surface area contributed by atoms with Gasteiger partial charge in [-0.1, -0.05) is 28.1 Å². The average Bonchev–Trinajstić information content (AvgIpc) is 2.47. The SMILES string of the molecule is Cc1cc(C#N)nc(Oc2ccc3cc(Br)ccc3c2)n1. The number of hydrogen-bond donors (Lipinski definition) is 0. The summed E-state index contributed by atoms with van der Waals surface area (Å²) in [5.41, 5.74) is 0.989. The summed E-state index contributed by atoms with van der Waals surface area (Å²) < 4.78 is 6.69. The molecule has 0 fully saturated rings. The van der Waals surface area contributed by atoms with E-state index in [1.165, 1.54) is 0 Å². The topological polar surface area (TPSA) is 58.8 Å². The van der Waals surface area contributed by atoms with Crippen LogP contribution < -0.4 is 4.74 Å². The van der Waals surface area contributed by atoms with Gasteiger partial charge >= 0.3 is 6.01 Å². The zero-order valence-corrected chi connectivity index (χ0v) is 12.8. The third-order valence-corrected chi connectivity index (χ3v) is 3.42. The van der Waals surface area contributed by atoms with E-state index in [-0.39, 0.29) is 6.01 Å². The van der Waals surface area contributed by atoms with Crippen molar-refractivity contribution in [1.82, 2.24) is 9.97 Å². The van der Waals surface area contributed by atoms with Crippen LogP contribution in [0.1, 0.15) is 11.4 Å². The maximum Gasteiger partial charge on any atom is 0.323 e. The van der Waals surface area contributed by atoms with E-state index in [2.05, 4.69) is 25.9 Å². The summed E-state index contributed by atoms with van der Waals surface area (Å²) in [6.45, 7) is 1.80. The van der Waals surface area contributed by atoms with Crippen molar-refractivity contribution in [3.63, 3.8) is 0 Å². The van der Waals surface area contributed by atoms with Crippen molar-refractivity contribution in [2.75, 3.05) is 0 Å². The lowest BCUT2D eigenvalue weighted by atomic mass is 10.1. The smallest absolute Gasteiger partial charge is 0.323 e. The molecule has 0 atom stereocenters. The predicted octanol–water partition coefficient (Wildman–Crippen LogP) is 4.36. The van der Waals surface area contributed by atoms with Gasteiger partial charge in [0.1, 0.15) is 17.5 Å². The molecule has 0 N–H and O–H groups in total. The van der Waals surface area contributed by atoms with E-state index in [9.17, 15) is 0 Å². The van der Waals surface area contributed by atoms with Crippen LogP contribution in [0.2, 0.25) is 0 Å². The van der Waals surface area contributed by atoms with Gasteiger partial charge in [-0.05, 0) is 48.0 Å². The van der Waals surface area contributed by atoms with Gasteiger partial charge in [-0.25, -0.2) is 4.98 Å². The Balaban J connectivity index is 1.96. The van der Waals surface area contributed by atoms with Crippen molar-refractivity contribution in [2.45, 2.75) is 6.92 Å². The van der Waals surface area contributed by atoms with Gasteiger partial charge in [-0.3, -0.25) is 0 Å². The minimum Gasteiger partial charge on any atom is -0.424 e. The first kappa shape index (κ1) is 13.5. The molecule has 2 aromatic carbocycles. The summed E-state index contributed by atoms with van der Waals surface area (Å²) in [5.74, 6) is 0.638. The second-order valence-corrected chi connectivity index (χ2v) is 5.46. The first-order valence-corrected chi connectivity index (χ1v) is 7.06. The van der Waals surface area contributed by atoms with Crippen molar-refractivity contribution in [1.29, 1.82) is 5.26 Å². The van der Waals surface area contributed by atoms with Crippen LogP contribution in [0.5, 0.6) is 11.8 Å². The zero-order chi connectivity index (χ0) is 14.8. The molecule has 5 heteroatoms. The predicted molar refractivity (Wildman–Crippen MR) is 83.2 cm³/mol. The van der Waals surface area contributed by atoms with Crippen LogP contribution in [0.15, 0.2) is 46.9 Å². The number of benzene rings is 2. The van der Waals surface area contributed by atoms with Crippen LogP contribution in [0.3, 0.4) is 0 Å². The summed E-state index contributed by atoms with van der Waals surface area (Å²) in [5, 5.41) is 11.1. The van der Waals surface area contributed by atoms with E-state index < -0.39 is 0 Å². The molecule has 0 aliphatic heterocycles. The van der Waals surface area contributed by atoms with E-state index >= 15 is 0 Å². The Bertz CT molecular complexity index is 871. The highest BCUT2D eigenvalue weighted by Gasteiger charge is 2.05. The maximum atomic E-state index is 8.92. The highest BCUT2D eigenvalue weighted by Crippen LogP contribution is 2.26. The lowest BCUT2D eigenvalue weighted by Crippen LogP contribution is -1.96. The highest BCUT2D eigenvalue weighted by atomic mass is 79.9. The monoisotopic (exact) mass is 339 g/mol. The quantitative estimate of drug-likeness (QED) is 0.695. The molecule has 21 heavy (non-hydrogen) atoms. The Morgan fingerprint density at radius 2 is 1.81 bits per heavy atom. The molecular weight excluding hydrogens is 330 g/mol. The van der Waals surface area contributed by atoms with Crippen molar-refractivity contribution in [2.24, 2.45) is 0 Å². The summed E-state index contributed by atoms with van der Waals surface area (Å²) in [6.07, 6.45) is 0. The van der Waals surface area contributed by atoms with E-state index in [4.69, 9.17) is 10.00 Å². The number of aryl methyl sites for hydroxylation is 1. The number of ether oxygens (including phenoxy) is 1. The zero-order valence-electron chi connectivity index (χ0n) is 11.2. The Morgan fingerprint density at radius 1 is 1.05 bits per heavy atom. The molecule has 4 nitrogen and oxygen atoms in total. The van der Waals surface area contributed by atoms with Crippen molar-refractivity contribution < 1.29 is 4.74 Å². The molecule has 102 valence electrons.